The number of hydrogen-bond acceptors (Lipinski definition) is 3. The summed E-state index contributed by atoms with van der Waals surface area (Å²) in [5.41, 5.74) is 12.1. The number of anilines is 4. The molecule has 3 nitrogen and oxygen atoms in total. The molecule has 1 aliphatic rings. The molecule has 5 aromatic carbocycles. The molecule has 0 radical (unpaired) electrons. The molecule has 1 N–H and O–H groups in total. The zero-order valence-corrected chi connectivity index (χ0v) is 31.3. The fourth-order valence-corrected chi connectivity index (χ4v) is 8.10. The van der Waals surface area contributed by atoms with Crippen LogP contribution < -0.4 is 15.1 Å². The maximum absolute atomic E-state index is 4.25. The van der Waals surface area contributed by atoms with E-state index in [1.165, 1.54) is 75.8 Å². The van der Waals surface area contributed by atoms with E-state index in [0.717, 1.165) is 30.0 Å². The molecule has 0 bridgehead atoms. The fraction of sp³-hybridized carbons (Fsp3) is 0.292. The van der Waals surface area contributed by atoms with Crippen molar-refractivity contribution >= 4 is 33.5 Å². The molecule has 1 fully saturated rings. The van der Waals surface area contributed by atoms with Gasteiger partial charge in [-0.15, -0.1) is 0 Å². The van der Waals surface area contributed by atoms with Crippen molar-refractivity contribution in [1.29, 1.82) is 0 Å². The summed E-state index contributed by atoms with van der Waals surface area (Å²) in [6.07, 6.45) is 9.08. The van der Waals surface area contributed by atoms with Gasteiger partial charge in [-0.1, -0.05) is 112 Å². The lowest BCUT2D eigenvalue weighted by atomic mass is 9.82. The number of allylic oxidation sites excluding steroid dienone is 3. The average Bonchev–Trinajstić information content (AvgIpc) is 3.15. The van der Waals surface area contributed by atoms with Crippen LogP contribution in [0.25, 0.3) is 10.8 Å². The summed E-state index contributed by atoms with van der Waals surface area (Å²) in [6, 6.07) is 41.3. The SMILES string of the molecule is C=C/C=C(\C(=C)C)N(CC)c1ccc(C(c2ccc(N(CC)c3ccccc3C)cc2)c2ccc(NC3CCCCC3C)c3ccccc23)cc1. The van der Waals surface area contributed by atoms with Crippen molar-refractivity contribution in [3.8, 4) is 0 Å². The Labute approximate surface area is 307 Å². The van der Waals surface area contributed by atoms with E-state index in [1.807, 2.05) is 6.08 Å². The van der Waals surface area contributed by atoms with E-state index in [1.54, 1.807) is 0 Å². The average molecular weight is 674 g/mol. The minimum Gasteiger partial charge on any atom is -0.382 e. The third-order valence-electron chi connectivity index (χ3n) is 10.8. The van der Waals surface area contributed by atoms with E-state index in [4.69, 9.17) is 0 Å². The van der Waals surface area contributed by atoms with Crippen molar-refractivity contribution in [3.05, 3.63) is 168 Å². The molecule has 51 heavy (non-hydrogen) atoms. The standard InChI is InChI=1S/C48H55N3/c1-8-17-46(34(4)5)50(9-2)39-28-24-37(25-29-39)48(38-26-30-40(31-27-38)51(10-3)47-23-16-12-19-36(47)7)43-32-33-45(42-21-14-13-20-41(42)43)49-44-22-15-11-18-35(44)6/h8,12-14,16-17,19-21,23-33,35,44,48-49H,1,4,9-11,15,18,22H2,2-3,5-7H3/b46-17+. The van der Waals surface area contributed by atoms with E-state index >= 15 is 0 Å². The van der Waals surface area contributed by atoms with Crippen molar-refractivity contribution < 1.29 is 0 Å². The van der Waals surface area contributed by atoms with Gasteiger partial charge in [0, 0.05) is 58.9 Å². The third kappa shape index (κ3) is 7.69. The summed E-state index contributed by atoms with van der Waals surface area (Å²) in [6.45, 7) is 21.0. The molecular formula is C48H55N3. The number of aryl methyl sites for hydroxylation is 1. The first-order valence-corrected chi connectivity index (χ1v) is 18.9. The van der Waals surface area contributed by atoms with Crippen LogP contribution in [-0.4, -0.2) is 19.1 Å². The predicted molar refractivity (Wildman–Crippen MR) is 223 cm³/mol. The van der Waals surface area contributed by atoms with Crippen LogP contribution in [0.2, 0.25) is 0 Å². The third-order valence-corrected chi connectivity index (χ3v) is 10.8. The van der Waals surface area contributed by atoms with E-state index < -0.39 is 0 Å². The van der Waals surface area contributed by atoms with Gasteiger partial charge in [-0.2, -0.15) is 0 Å². The number of fused-ring (bicyclic) bond motifs is 1. The molecule has 262 valence electrons. The van der Waals surface area contributed by atoms with Crippen LogP contribution in [0, 0.1) is 12.8 Å². The van der Waals surface area contributed by atoms with Crippen molar-refractivity contribution in [2.75, 3.05) is 28.2 Å². The number of benzene rings is 5. The van der Waals surface area contributed by atoms with Crippen LogP contribution in [0.1, 0.15) is 81.5 Å². The smallest absolute Gasteiger partial charge is 0.0440 e. The van der Waals surface area contributed by atoms with Crippen LogP contribution in [0.15, 0.2) is 146 Å². The Hall–Kier alpha value is -5.02. The first-order valence-electron chi connectivity index (χ1n) is 18.9. The molecule has 0 aromatic heterocycles. The Morgan fingerprint density at radius 2 is 1.41 bits per heavy atom. The van der Waals surface area contributed by atoms with Crippen molar-refractivity contribution in [3.63, 3.8) is 0 Å². The molecule has 0 aliphatic heterocycles. The van der Waals surface area contributed by atoms with Crippen LogP contribution in [0.4, 0.5) is 22.7 Å². The maximum atomic E-state index is 4.25. The number of hydrogen-bond donors (Lipinski definition) is 1. The van der Waals surface area contributed by atoms with Crippen molar-refractivity contribution in [1.82, 2.24) is 0 Å². The topological polar surface area (TPSA) is 18.5 Å². The second kappa shape index (κ2) is 16.3. The number of likely N-dealkylation sites (N-methyl/N-ethyl adjacent to an activating group) is 1. The predicted octanol–water partition coefficient (Wildman–Crippen LogP) is 12.9. The van der Waals surface area contributed by atoms with Gasteiger partial charge in [0.2, 0.25) is 0 Å². The van der Waals surface area contributed by atoms with E-state index in [-0.39, 0.29) is 5.92 Å². The molecule has 6 rings (SSSR count). The van der Waals surface area contributed by atoms with E-state index in [2.05, 4.69) is 178 Å². The minimum absolute atomic E-state index is 0.0496. The van der Waals surface area contributed by atoms with Crippen molar-refractivity contribution in [2.45, 2.75) is 72.3 Å². The molecule has 0 heterocycles. The largest absolute Gasteiger partial charge is 0.382 e. The highest BCUT2D eigenvalue weighted by Crippen LogP contribution is 2.41. The molecule has 0 spiro atoms. The monoisotopic (exact) mass is 673 g/mol. The van der Waals surface area contributed by atoms with Crippen LogP contribution >= 0.6 is 0 Å². The summed E-state index contributed by atoms with van der Waals surface area (Å²) in [5, 5.41) is 6.58. The summed E-state index contributed by atoms with van der Waals surface area (Å²) in [5.74, 6) is 0.729. The Morgan fingerprint density at radius 3 is 2.02 bits per heavy atom. The molecule has 1 aliphatic carbocycles. The highest BCUT2D eigenvalue weighted by Gasteiger charge is 2.25. The number of nitrogens with one attached hydrogen (secondary N) is 1. The van der Waals surface area contributed by atoms with Gasteiger partial charge in [0.15, 0.2) is 0 Å². The second-order valence-corrected chi connectivity index (χ2v) is 14.2. The number of nitrogens with zero attached hydrogens (tertiary/aromatic N) is 2. The molecule has 3 unspecified atom stereocenters. The normalized spacial score (nSPS) is 16.8. The molecule has 1 saturated carbocycles. The molecule has 5 aromatic rings. The van der Waals surface area contributed by atoms with Crippen LogP contribution in [-0.2, 0) is 0 Å². The maximum Gasteiger partial charge on any atom is 0.0440 e. The van der Waals surface area contributed by atoms with Gasteiger partial charge >= 0.3 is 0 Å². The van der Waals surface area contributed by atoms with Gasteiger partial charge in [0.1, 0.15) is 0 Å². The summed E-state index contributed by atoms with van der Waals surface area (Å²) in [7, 11) is 0. The van der Waals surface area contributed by atoms with E-state index in [9.17, 15) is 0 Å². The Bertz CT molecular complexity index is 1980. The molecule has 3 heteroatoms. The zero-order valence-electron chi connectivity index (χ0n) is 31.3. The first kappa shape index (κ1) is 35.8. The lowest BCUT2D eigenvalue weighted by molar-refractivity contribution is 0.350. The van der Waals surface area contributed by atoms with Crippen LogP contribution in [0.3, 0.4) is 0 Å². The number of para-hydroxylation sites is 1. The van der Waals surface area contributed by atoms with Gasteiger partial charge in [-0.25, -0.2) is 0 Å². The summed E-state index contributed by atoms with van der Waals surface area (Å²) < 4.78 is 0. The quantitative estimate of drug-likeness (QED) is 0.0991. The second-order valence-electron chi connectivity index (χ2n) is 14.2. The Balaban J connectivity index is 1.45. The zero-order chi connectivity index (χ0) is 35.9. The lowest BCUT2D eigenvalue weighted by Crippen LogP contribution is -2.30. The molecular weight excluding hydrogens is 619 g/mol. The summed E-state index contributed by atoms with van der Waals surface area (Å²) >= 11 is 0. The Kier molecular flexibility index (Phi) is 11.5. The lowest BCUT2D eigenvalue weighted by Gasteiger charge is -2.31. The minimum atomic E-state index is 0.0496. The molecule has 3 atom stereocenters. The highest BCUT2D eigenvalue weighted by atomic mass is 15.1. The van der Waals surface area contributed by atoms with Crippen molar-refractivity contribution in [2.24, 2.45) is 5.92 Å². The highest BCUT2D eigenvalue weighted by molar-refractivity contribution is 5.97. The van der Waals surface area contributed by atoms with Gasteiger partial charge in [0.25, 0.3) is 0 Å². The van der Waals surface area contributed by atoms with Gasteiger partial charge < -0.3 is 15.1 Å². The first-order chi connectivity index (χ1) is 24.8. The van der Waals surface area contributed by atoms with Gasteiger partial charge in [-0.05, 0) is 122 Å². The van der Waals surface area contributed by atoms with Gasteiger partial charge in [-0.3, -0.25) is 0 Å². The number of rotatable bonds is 13. The van der Waals surface area contributed by atoms with Gasteiger partial charge in [0.05, 0.1) is 0 Å². The van der Waals surface area contributed by atoms with Crippen LogP contribution in [0.5, 0.6) is 0 Å². The molecule has 0 saturated heterocycles. The fourth-order valence-electron chi connectivity index (χ4n) is 8.10. The Morgan fingerprint density at radius 1 is 0.784 bits per heavy atom. The summed E-state index contributed by atoms with van der Waals surface area (Å²) in [4.78, 5) is 4.71. The molecule has 0 amide bonds. The van der Waals surface area contributed by atoms with E-state index in [0.29, 0.717) is 12.0 Å².